The number of carbonyl (C=O) groups excluding carboxylic acids is 1. The number of aromatic nitrogens is 2. The third kappa shape index (κ3) is 3.22. The number of amides is 1. The van der Waals surface area contributed by atoms with Crippen LogP contribution in [0, 0.1) is 0 Å². The smallest absolute Gasteiger partial charge is 0.274 e. The molecule has 1 aliphatic rings. The Kier molecular flexibility index (Phi) is 4.71. The molecule has 0 bridgehead atoms. The highest BCUT2D eigenvalue weighted by Crippen LogP contribution is 2.23. The Balaban J connectivity index is 2.10. The van der Waals surface area contributed by atoms with Crippen LogP contribution in [0.5, 0.6) is 0 Å². The third-order valence-corrected chi connectivity index (χ3v) is 3.74. The van der Waals surface area contributed by atoms with Crippen molar-refractivity contribution >= 4 is 11.7 Å². The first-order chi connectivity index (χ1) is 9.26. The van der Waals surface area contributed by atoms with Gasteiger partial charge in [0, 0.05) is 19.6 Å². The fraction of sp³-hybridized carbons (Fsp3) is 0.643. The van der Waals surface area contributed by atoms with Gasteiger partial charge in [0.25, 0.3) is 5.91 Å². The minimum atomic E-state index is 0.00422. The molecule has 0 unspecified atom stereocenters. The number of nitrogens with one attached hydrogen (secondary N) is 1. The van der Waals surface area contributed by atoms with Crippen molar-refractivity contribution in [2.24, 2.45) is 0 Å². The van der Waals surface area contributed by atoms with Gasteiger partial charge in [-0.25, -0.2) is 9.97 Å². The maximum absolute atomic E-state index is 12.5. The fourth-order valence-electron chi connectivity index (χ4n) is 2.68. The van der Waals surface area contributed by atoms with Gasteiger partial charge in [0.1, 0.15) is 11.5 Å². The Morgan fingerprint density at radius 1 is 1.32 bits per heavy atom. The molecule has 2 rings (SSSR count). The second kappa shape index (κ2) is 6.50. The van der Waals surface area contributed by atoms with Crippen LogP contribution < -0.4 is 5.32 Å². The van der Waals surface area contributed by atoms with E-state index in [1.807, 2.05) is 11.8 Å². The molecule has 1 aromatic rings. The maximum Gasteiger partial charge on any atom is 0.274 e. The summed E-state index contributed by atoms with van der Waals surface area (Å²) in [5, 5.41) is 2.90. The van der Waals surface area contributed by atoms with Gasteiger partial charge in [-0.3, -0.25) is 4.79 Å². The van der Waals surface area contributed by atoms with Crippen molar-refractivity contribution in [2.45, 2.75) is 45.1 Å². The van der Waals surface area contributed by atoms with E-state index in [2.05, 4.69) is 15.3 Å². The summed E-state index contributed by atoms with van der Waals surface area (Å²) >= 11 is 0. The van der Waals surface area contributed by atoms with E-state index < -0.39 is 0 Å². The largest absolute Gasteiger partial charge is 0.372 e. The highest BCUT2D eigenvalue weighted by molar-refractivity contribution is 5.92. The molecule has 0 aromatic carbocycles. The van der Waals surface area contributed by atoms with Gasteiger partial charge in [0.15, 0.2) is 0 Å². The molecule has 1 saturated carbocycles. The maximum atomic E-state index is 12.5. The minimum absolute atomic E-state index is 0.00422. The Morgan fingerprint density at radius 3 is 2.58 bits per heavy atom. The van der Waals surface area contributed by atoms with Gasteiger partial charge >= 0.3 is 0 Å². The number of anilines is 1. The van der Waals surface area contributed by atoms with Crippen LogP contribution in [0.1, 0.15) is 49.5 Å². The normalized spacial score (nSPS) is 16.1. The molecule has 19 heavy (non-hydrogen) atoms. The quantitative estimate of drug-likeness (QED) is 0.904. The molecule has 5 heteroatoms. The minimum Gasteiger partial charge on any atom is -0.372 e. The standard InChI is InChI=1S/C14H22N4O/c1-3-18(11-7-5-4-6-8-11)14(19)12-9-17-13(15-2)10-16-12/h9-11H,3-8H2,1-2H3,(H,15,17). The van der Waals surface area contributed by atoms with Crippen molar-refractivity contribution < 1.29 is 4.79 Å². The molecule has 5 nitrogen and oxygen atoms in total. The first-order valence-corrected chi connectivity index (χ1v) is 7.07. The lowest BCUT2D eigenvalue weighted by Crippen LogP contribution is -2.41. The first-order valence-electron chi connectivity index (χ1n) is 7.07. The second-order valence-corrected chi connectivity index (χ2v) is 4.92. The molecule has 0 aliphatic heterocycles. The SMILES string of the molecule is CCN(C(=O)c1cnc(NC)cn1)C1CCCCC1. The molecule has 104 valence electrons. The topological polar surface area (TPSA) is 58.1 Å². The van der Waals surface area contributed by atoms with Gasteiger partial charge in [0.2, 0.25) is 0 Å². The summed E-state index contributed by atoms with van der Waals surface area (Å²) in [4.78, 5) is 22.8. The van der Waals surface area contributed by atoms with Gasteiger partial charge in [-0.15, -0.1) is 0 Å². The number of nitrogens with zero attached hydrogens (tertiary/aromatic N) is 3. The highest BCUT2D eigenvalue weighted by atomic mass is 16.2. The van der Waals surface area contributed by atoms with E-state index in [9.17, 15) is 4.79 Å². The first kappa shape index (κ1) is 13.8. The average molecular weight is 262 g/mol. The summed E-state index contributed by atoms with van der Waals surface area (Å²) in [6, 6.07) is 0.372. The van der Waals surface area contributed by atoms with Gasteiger partial charge < -0.3 is 10.2 Å². The number of hydrogen-bond acceptors (Lipinski definition) is 4. The predicted molar refractivity (Wildman–Crippen MR) is 75.2 cm³/mol. The second-order valence-electron chi connectivity index (χ2n) is 4.92. The van der Waals surface area contributed by atoms with Crippen molar-refractivity contribution in [3.05, 3.63) is 18.1 Å². The highest BCUT2D eigenvalue weighted by Gasteiger charge is 2.25. The van der Waals surface area contributed by atoms with E-state index in [1.54, 1.807) is 19.4 Å². The molecule has 0 atom stereocenters. The van der Waals surface area contributed by atoms with E-state index in [0.717, 1.165) is 19.4 Å². The van der Waals surface area contributed by atoms with E-state index in [0.29, 0.717) is 17.6 Å². The zero-order valence-corrected chi connectivity index (χ0v) is 11.7. The van der Waals surface area contributed by atoms with Gasteiger partial charge in [-0.1, -0.05) is 19.3 Å². The van der Waals surface area contributed by atoms with Gasteiger partial charge in [-0.05, 0) is 19.8 Å². The van der Waals surface area contributed by atoms with Gasteiger partial charge in [-0.2, -0.15) is 0 Å². The summed E-state index contributed by atoms with van der Waals surface area (Å²) in [6.45, 7) is 2.76. The van der Waals surface area contributed by atoms with Crippen LogP contribution >= 0.6 is 0 Å². The molecule has 1 amide bonds. The van der Waals surface area contributed by atoms with Crippen molar-refractivity contribution in [1.82, 2.24) is 14.9 Å². The van der Waals surface area contributed by atoms with Crippen molar-refractivity contribution in [3.63, 3.8) is 0 Å². The van der Waals surface area contributed by atoms with Crippen LogP contribution in [0.15, 0.2) is 12.4 Å². The van der Waals surface area contributed by atoms with Crippen LogP contribution in [-0.2, 0) is 0 Å². The molecular formula is C14H22N4O. The van der Waals surface area contributed by atoms with Crippen LogP contribution in [0.2, 0.25) is 0 Å². The Labute approximate surface area is 114 Å². The van der Waals surface area contributed by atoms with Gasteiger partial charge in [0.05, 0.1) is 12.4 Å². The van der Waals surface area contributed by atoms with Crippen LogP contribution in [0.25, 0.3) is 0 Å². The Morgan fingerprint density at radius 2 is 2.05 bits per heavy atom. The summed E-state index contributed by atoms with van der Waals surface area (Å²) < 4.78 is 0. The van der Waals surface area contributed by atoms with E-state index in [-0.39, 0.29) is 5.91 Å². The third-order valence-electron chi connectivity index (χ3n) is 3.74. The van der Waals surface area contributed by atoms with Crippen LogP contribution in [0.3, 0.4) is 0 Å². The monoisotopic (exact) mass is 262 g/mol. The summed E-state index contributed by atoms with van der Waals surface area (Å²) in [6.07, 6.45) is 9.11. The molecule has 1 aliphatic carbocycles. The van der Waals surface area contributed by atoms with Crippen LogP contribution in [0.4, 0.5) is 5.82 Å². The molecule has 1 heterocycles. The lowest BCUT2D eigenvalue weighted by molar-refractivity contribution is 0.0641. The number of hydrogen-bond donors (Lipinski definition) is 1. The Hall–Kier alpha value is -1.65. The zero-order valence-electron chi connectivity index (χ0n) is 11.7. The predicted octanol–water partition coefficient (Wildman–Crippen LogP) is 2.31. The number of carbonyl (C=O) groups is 1. The molecular weight excluding hydrogens is 240 g/mol. The summed E-state index contributed by atoms with van der Waals surface area (Å²) in [7, 11) is 1.78. The molecule has 1 aromatic heterocycles. The molecule has 0 spiro atoms. The Bertz CT molecular complexity index is 412. The molecule has 1 fully saturated rings. The lowest BCUT2D eigenvalue weighted by atomic mass is 9.94. The van der Waals surface area contributed by atoms with Crippen molar-refractivity contribution in [2.75, 3.05) is 18.9 Å². The molecule has 0 saturated heterocycles. The van der Waals surface area contributed by atoms with Crippen molar-refractivity contribution in [3.8, 4) is 0 Å². The summed E-state index contributed by atoms with van der Waals surface area (Å²) in [5.41, 5.74) is 0.437. The molecule has 0 radical (unpaired) electrons. The van der Waals surface area contributed by atoms with E-state index in [4.69, 9.17) is 0 Å². The zero-order chi connectivity index (χ0) is 13.7. The summed E-state index contributed by atoms with van der Waals surface area (Å²) in [5.74, 6) is 0.682. The number of rotatable bonds is 4. The average Bonchev–Trinajstić information content (AvgIpc) is 2.49. The fourth-order valence-corrected chi connectivity index (χ4v) is 2.68. The van der Waals surface area contributed by atoms with Crippen molar-refractivity contribution in [1.29, 1.82) is 0 Å². The molecule has 1 N–H and O–H groups in total. The lowest BCUT2D eigenvalue weighted by Gasteiger charge is -2.33. The van der Waals surface area contributed by atoms with E-state index >= 15 is 0 Å². The van der Waals surface area contributed by atoms with Crippen LogP contribution in [-0.4, -0.2) is 40.4 Å². The van der Waals surface area contributed by atoms with E-state index in [1.165, 1.54) is 19.3 Å².